The summed E-state index contributed by atoms with van der Waals surface area (Å²) in [6.07, 6.45) is 4.78. The van der Waals surface area contributed by atoms with Crippen LogP contribution in [-0.2, 0) is 6.54 Å². The number of aromatic nitrogens is 2. The number of rotatable bonds is 5. The molecule has 0 aromatic carbocycles. The first-order chi connectivity index (χ1) is 6.77. The van der Waals surface area contributed by atoms with Crippen LogP contribution in [0.3, 0.4) is 0 Å². The van der Waals surface area contributed by atoms with Gasteiger partial charge in [-0.05, 0) is 38.1 Å². The Bertz CT molecular complexity index is 288. The van der Waals surface area contributed by atoms with Gasteiger partial charge in [0.25, 0.3) is 0 Å². The Kier molecular flexibility index (Phi) is 2.87. The molecule has 78 valence electrons. The minimum Gasteiger partial charge on any atom is -0.312 e. The first-order valence-electron chi connectivity index (χ1n) is 5.47. The Balaban J connectivity index is 1.69. The lowest BCUT2D eigenvalue weighted by molar-refractivity contribution is 0.461. The topological polar surface area (TPSA) is 40.7 Å². The Hall–Kier alpha value is -0.830. The summed E-state index contributed by atoms with van der Waals surface area (Å²) in [6, 6.07) is 0. The SMILES string of the molecule is Cc1[nH]ncc1CNCC(C)C1CC1. The third-order valence-corrected chi connectivity index (χ3v) is 3.14. The molecule has 1 saturated carbocycles. The van der Waals surface area contributed by atoms with Crippen LogP contribution in [0.2, 0.25) is 0 Å². The van der Waals surface area contributed by atoms with Crippen LogP contribution in [0.1, 0.15) is 31.0 Å². The minimum absolute atomic E-state index is 0.835. The highest BCUT2D eigenvalue weighted by molar-refractivity contribution is 5.13. The molecule has 3 heteroatoms. The number of aryl methyl sites for hydroxylation is 1. The van der Waals surface area contributed by atoms with Crippen molar-refractivity contribution in [1.29, 1.82) is 0 Å². The van der Waals surface area contributed by atoms with Gasteiger partial charge < -0.3 is 5.32 Å². The van der Waals surface area contributed by atoms with E-state index < -0.39 is 0 Å². The Morgan fingerprint density at radius 3 is 3.00 bits per heavy atom. The van der Waals surface area contributed by atoms with Crippen LogP contribution in [0.5, 0.6) is 0 Å². The van der Waals surface area contributed by atoms with E-state index in [2.05, 4.69) is 29.4 Å². The van der Waals surface area contributed by atoms with Gasteiger partial charge in [0.15, 0.2) is 0 Å². The van der Waals surface area contributed by atoms with Crippen LogP contribution < -0.4 is 5.32 Å². The summed E-state index contributed by atoms with van der Waals surface area (Å²) in [7, 11) is 0. The Morgan fingerprint density at radius 2 is 2.43 bits per heavy atom. The van der Waals surface area contributed by atoms with Gasteiger partial charge in [-0.25, -0.2) is 0 Å². The molecule has 1 fully saturated rings. The second-order valence-electron chi connectivity index (χ2n) is 4.47. The van der Waals surface area contributed by atoms with Crippen LogP contribution in [0, 0.1) is 18.8 Å². The molecule has 0 spiro atoms. The van der Waals surface area contributed by atoms with Gasteiger partial charge in [-0.1, -0.05) is 6.92 Å². The van der Waals surface area contributed by atoms with Gasteiger partial charge in [0.2, 0.25) is 0 Å². The summed E-state index contributed by atoms with van der Waals surface area (Å²) in [5.41, 5.74) is 2.46. The molecule has 2 N–H and O–H groups in total. The van der Waals surface area contributed by atoms with E-state index in [1.54, 1.807) is 0 Å². The van der Waals surface area contributed by atoms with Gasteiger partial charge >= 0.3 is 0 Å². The molecule has 1 unspecified atom stereocenters. The average Bonchev–Trinajstić information content (AvgIpc) is 2.93. The van der Waals surface area contributed by atoms with Crippen LogP contribution in [-0.4, -0.2) is 16.7 Å². The number of hydrogen-bond acceptors (Lipinski definition) is 2. The summed E-state index contributed by atoms with van der Waals surface area (Å²) in [5, 5.41) is 10.4. The van der Waals surface area contributed by atoms with Crippen LogP contribution >= 0.6 is 0 Å². The Labute approximate surface area is 85.3 Å². The average molecular weight is 193 g/mol. The fourth-order valence-electron chi connectivity index (χ4n) is 1.82. The number of H-pyrrole nitrogens is 1. The molecule has 14 heavy (non-hydrogen) atoms. The van der Waals surface area contributed by atoms with E-state index in [0.29, 0.717) is 0 Å². The van der Waals surface area contributed by atoms with Crippen molar-refractivity contribution in [1.82, 2.24) is 15.5 Å². The normalized spacial score (nSPS) is 18.4. The highest BCUT2D eigenvalue weighted by Gasteiger charge is 2.27. The first kappa shape index (κ1) is 9.71. The second-order valence-corrected chi connectivity index (χ2v) is 4.47. The van der Waals surface area contributed by atoms with Crippen LogP contribution in [0.4, 0.5) is 0 Å². The molecule has 1 aliphatic carbocycles. The fourth-order valence-corrected chi connectivity index (χ4v) is 1.82. The van der Waals surface area contributed by atoms with Gasteiger partial charge in [0, 0.05) is 17.8 Å². The van der Waals surface area contributed by atoms with Gasteiger partial charge in [-0.2, -0.15) is 5.10 Å². The second kappa shape index (κ2) is 4.13. The molecule has 1 heterocycles. The van der Waals surface area contributed by atoms with Gasteiger partial charge in [-0.15, -0.1) is 0 Å². The lowest BCUT2D eigenvalue weighted by Gasteiger charge is -2.10. The van der Waals surface area contributed by atoms with E-state index in [4.69, 9.17) is 0 Å². The van der Waals surface area contributed by atoms with E-state index in [1.807, 2.05) is 6.20 Å². The number of aromatic amines is 1. The van der Waals surface area contributed by atoms with Crippen molar-refractivity contribution in [2.24, 2.45) is 11.8 Å². The highest BCUT2D eigenvalue weighted by atomic mass is 15.1. The zero-order chi connectivity index (χ0) is 9.97. The van der Waals surface area contributed by atoms with Gasteiger partial charge in [0.05, 0.1) is 6.20 Å². The van der Waals surface area contributed by atoms with Crippen molar-refractivity contribution in [3.63, 3.8) is 0 Å². The van der Waals surface area contributed by atoms with E-state index in [0.717, 1.165) is 24.9 Å². The molecule has 1 aromatic heterocycles. The van der Waals surface area contributed by atoms with E-state index in [1.165, 1.54) is 24.1 Å². The van der Waals surface area contributed by atoms with Gasteiger partial charge in [-0.3, -0.25) is 5.10 Å². The predicted octanol–water partition coefficient (Wildman–Crippen LogP) is 1.85. The summed E-state index contributed by atoms with van der Waals surface area (Å²) in [4.78, 5) is 0. The third-order valence-electron chi connectivity index (χ3n) is 3.14. The largest absolute Gasteiger partial charge is 0.312 e. The van der Waals surface area contributed by atoms with Gasteiger partial charge in [0.1, 0.15) is 0 Å². The monoisotopic (exact) mass is 193 g/mol. The number of nitrogens with one attached hydrogen (secondary N) is 2. The van der Waals surface area contributed by atoms with Crippen LogP contribution in [0.15, 0.2) is 6.20 Å². The smallest absolute Gasteiger partial charge is 0.0535 e. The fraction of sp³-hybridized carbons (Fsp3) is 0.727. The number of nitrogens with zero attached hydrogens (tertiary/aromatic N) is 1. The molecule has 0 bridgehead atoms. The highest BCUT2D eigenvalue weighted by Crippen LogP contribution is 2.36. The summed E-state index contributed by atoms with van der Waals surface area (Å²) >= 11 is 0. The van der Waals surface area contributed by atoms with Crippen molar-refractivity contribution in [2.45, 2.75) is 33.2 Å². The molecule has 3 nitrogen and oxygen atoms in total. The van der Waals surface area contributed by atoms with Crippen molar-refractivity contribution in [3.05, 3.63) is 17.5 Å². The lowest BCUT2D eigenvalue weighted by atomic mass is 10.1. The Morgan fingerprint density at radius 1 is 1.64 bits per heavy atom. The minimum atomic E-state index is 0.835. The summed E-state index contributed by atoms with van der Waals surface area (Å²) in [6.45, 7) is 6.48. The maximum Gasteiger partial charge on any atom is 0.0535 e. The molecule has 1 aliphatic rings. The summed E-state index contributed by atoms with van der Waals surface area (Å²) < 4.78 is 0. The maximum absolute atomic E-state index is 4.00. The van der Waals surface area contributed by atoms with E-state index in [-0.39, 0.29) is 0 Å². The maximum atomic E-state index is 4.00. The quantitative estimate of drug-likeness (QED) is 0.749. The third kappa shape index (κ3) is 2.35. The standard InChI is InChI=1S/C11H19N3/c1-8(10-3-4-10)5-12-6-11-7-13-14-9(11)2/h7-8,10,12H,3-6H2,1-2H3,(H,13,14). The molecule has 0 amide bonds. The molecular weight excluding hydrogens is 174 g/mol. The van der Waals surface area contributed by atoms with E-state index in [9.17, 15) is 0 Å². The van der Waals surface area contributed by atoms with Crippen molar-refractivity contribution >= 4 is 0 Å². The molecule has 1 atom stereocenters. The predicted molar refractivity (Wildman–Crippen MR) is 56.9 cm³/mol. The van der Waals surface area contributed by atoms with Crippen molar-refractivity contribution < 1.29 is 0 Å². The lowest BCUT2D eigenvalue weighted by Crippen LogP contribution is -2.21. The van der Waals surface area contributed by atoms with Crippen molar-refractivity contribution in [3.8, 4) is 0 Å². The molecule has 0 saturated heterocycles. The molecule has 1 aromatic rings. The summed E-state index contributed by atoms with van der Waals surface area (Å²) in [5.74, 6) is 1.83. The number of hydrogen-bond donors (Lipinski definition) is 2. The molecule has 2 rings (SSSR count). The zero-order valence-corrected chi connectivity index (χ0v) is 9.01. The van der Waals surface area contributed by atoms with Crippen LogP contribution in [0.25, 0.3) is 0 Å². The van der Waals surface area contributed by atoms with E-state index >= 15 is 0 Å². The molecular formula is C11H19N3. The first-order valence-corrected chi connectivity index (χ1v) is 5.47. The zero-order valence-electron chi connectivity index (χ0n) is 9.01. The molecule has 0 radical (unpaired) electrons. The van der Waals surface area contributed by atoms with Crippen molar-refractivity contribution in [2.75, 3.05) is 6.54 Å². The molecule has 0 aliphatic heterocycles.